The van der Waals surface area contributed by atoms with Gasteiger partial charge in [0.15, 0.2) is 0 Å². The van der Waals surface area contributed by atoms with Gasteiger partial charge in [-0.05, 0) is 36.6 Å². The lowest BCUT2D eigenvalue weighted by atomic mass is 10.1. The first-order valence-corrected chi connectivity index (χ1v) is 8.83. The zero-order valence-electron chi connectivity index (χ0n) is 14.5. The van der Waals surface area contributed by atoms with E-state index in [1.54, 1.807) is 18.6 Å². The van der Waals surface area contributed by atoms with Crippen LogP contribution < -0.4 is 0 Å². The van der Waals surface area contributed by atoms with Gasteiger partial charge in [0.05, 0.1) is 19.3 Å². The number of hydrogen-bond donors (Lipinski definition) is 0. The molecule has 0 radical (unpaired) electrons. The molecule has 3 aromatic rings. The van der Waals surface area contributed by atoms with E-state index in [0.29, 0.717) is 31.0 Å². The van der Waals surface area contributed by atoms with Crippen LogP contribution in [0.4, 0.5) is 0 Å². The molecule has 0 unspecified atom stereocenters. The molecule has 26 heavy (non-hydrogen) atoms. The second-order valence-corrected chi connectivity index (χ2v) is 6.40. The number of pyridine rings is 2. The minimum Gasteiger partial charge on any atom is -0.373 e. The van der Waals surface area contributed by atoms with Gasteiger partial charge < -0.3 is 9.26 Å². The zero-order chi connectivity index (χ0) is 17.6. The third-order valence-corrected chi connectivity index (χ3v) is 4.51. The van der Waals surface area contributed by atoms with Gasteiger partial charge >= 0.3 is 0 Å². The summed E-state index contributed by atoms with van der Waals surface area (Å²) in [5.41, 5.74) is 2.03. The number of hydrogen-bond acceptors (Lipinski definition) is 7. The molecule has 0 N–H and O–H groups in total. The number of rotatable bonds is 6. The van der Waals surface area contributed by atoms with E-state index in [-0.39, 0.29) is 0 Å². The summed E-state index contributed by atoms with van der Waals surface area (Å²) in [7, 11) is 0. The molecule has 1 aliphatic rings. The summed E-state index contributed by atoms with van der Waals surface area (Å²) >= 11 is 0. The predicted molar refractivity (Wildman–Crippen MR) is 94.9 cm³/mol. The van der Waals surface area contributed by atoms with Crippen LogP contribution in [0.15, 0.2) is 53.6 Å². The molecule has 1 aliphatic heterocycles. The van der Waals surface area contributed by atoms with Gasteiger partial charge in [-0.15, -0.1) is 0 Å². The van der Waals surface area contributed by atoms with E-state index < -0.39 is 0 Å². The Kier molecular flexibility index (Phi) is 5.27. The van der Waals surface area contributed by atoms with Crippen LogP contribution in [0.3, 0.4) is 0 Å². The molecule has 4 rings (SSSR count). The maximum Gasteiger partial charge on any atom is 0.241 e. The summed E-state index contributed by atoms with van der Waals surface area (Å²) in [6, 6.07) is 7.73. The van der Waals surface area contributed by atoms with Crippen molar-refractivity contribution >= 4 is 0 Å². The topological polar surface area (TPSA) is 77.2 Å². The maximum absolute atomic E-state index is 6.01. The summed E-state index contributed by atoms with van der Waals surface area (Å²) in [6.07, 6.45) is 9.38. The Morgan fingerprint density at radius 2 is 1.92 bits per heavy atom. The molecule has 0 atom stereocenters. The minimum atomic E-state index is 0.293. The summed E-state index contributed by atoms with van der Waals surface area (Å²) in [4.78, 5) is 14.9. The number of ether oxygens (including phenoxy) is 1. The fraction of sp³-hybridized carbons (Fsp3) is 0.368. The molecule has 1 saturated heterocycles. The van der Waals surface area contributed by atoms with Gasteiger partial charge in [0.1, 0.15) is 0 Å². The maximum atomic E-state index is 6.01. The van der Waals surface area contributed by atoms with Crippen LogP contribution in [0.25, 0.3) is 11.4 Å². The van der Waals surface area contributed by atoms with Crippen molar-refractivity contribution in [2.75, 3.05) is 13.1 Å². The van der Waals surface area contributed by atoms with Crippen LogP contribution in [0.2, 0.25) is 0 Å². The van der Waals surface area contributed by atoms with Gasteiger partial charge in [0.2, 0.25) is 11.7 Å². The van der Waals surface area contributed by atoms with Crippen LogP contribution in [-0.2, 0) is 17.9 Å². The van der Waals surface area contributed by atoms with E-state index in [4.69, 9.17) is 9.26 Å². The minimum absolute atomic E-state index is 0.293. The van der Waals surface area contributed by atoms with E-state index in [1.807, 2.05) is 30.5 Å². The van der Waals surface area contributed by atoms with Gasteiger partial charge in [-0.2, -0.15) is 4.98 Å². The fourth-order valence-corrected chi connectivity index (χ4v) is 3.06. The molecular formula is C19H21N5O2. The molecule has 0 spiro atoms. The summed E-state index contributed by atoms with van der Waals surface area (Å²) in [5.74, 6) is 1.25. The lowest BCUT2D eigenvalue weighted by molar-refractivity contribution is -0.00565. The lowest BCUT2D eigenvalue weighted by Crippen LogP contribution is -2.36. The van der Waals surface area contributed by atoms with Crippen molar-refractivity contribution in [1.82, 2.24) is 25.0 Å². The zero-order valence-corrected chi connectivity index (χ0v) is 14.5. The van der Waals surface area contributed by atoms with E-state index >= 15 is 0 Å². The highest BCUT2D eigenvalue weighted by atomic mass is 16.5. The van der Waals surface area contributed by atoms with Crippen molar-refractivity contribution < 1.29 is 9.26 Å². The van der Waals surface area contributed by atoms with Gasteiger partial charge in [0, 0.05) is 43.4 Å². The molecule has 1 fully saturated rings. The van der Waals surface area contributed by atoms with Gasteiger partial charge in [-0.1, -0.05) is 11.2 Å². The number of likely N-dealkylation sites (tertiary alicyclic amines) is 1. The Bertz CT molecular complexity index is 801. The number of piperidine rings is 1. The first-order valence-electron chi connectivity index (χ1n) is 8.83. The Morgan fingerprint density at radius 3 is 2.69 bits per heavy atom. The van der Waals surface area contributed by atoms with Crippen molar-refractivity contribution in [1.29, 1.82) is 0 Å². The largest absolute Gasteiger partial charge is 0.373 e. The molecule has 0 saturated carbocycles. The molecule has 0 amide bonds. The molecular weight excluding hydrogens is 330 g/mol. The molecule has 4 heterocycles. The second-order valence-electron chi connectivity index (χ2n) is 6.40. The molecule has 7 nitrogen and oxygen atoms in total. The van der Waals surface area contributed by atoms with E-state index in [0.717, 1.165) is 37.1 Å². The van der Waals surface area contributed by atoms with Crippen molar-refractivity contribution in [2.45, 2.75) is 32.1 Å². The van der Waals surface area contributed by atoms with Crippen LogP contribution in [0.1, 0.15) is 24.3 Å². The van der Waals surface area contributed by atoms with Crippen LogP contribution in [-0.4, -0.2) is 44.2 Å². The lowest BCUT2D eigenvalue weighted by Gasteiger charge is -2.30. The SMILES string of the molecule is c1cncc(COC2CCN(Cc3nc(-c4ccncc4)no3)CC2)c1. The normalized spacial score (nSPS) is 16.0. The van der Waals surface area contributed by atoms with Crippen LogP contribution in [0, 0.1) is 0 Å². The predicted octanol–water partition coefficient (Wildman–Crippen LogP) is 2.71. The van der Waals surface area contributed by atoms with Crippen molar-refractivity contribution in [2.24, 2.45) is 0 Å². The first-order chi connectivity index (χ1) is 12.9. The van der Waals surface area contributed by atoms with Crippen molar-refractivity contribution in [3.05, 3.63) is 60.5 Å². The molecule has 0 aliphatic carbocycles. The first kappa shape index (κ1) is 16.8. The third-order valence-electron chi connectivity index (χ3n) is 4.51. The van der Waals surface area contributed by atoms with E-state index in [2.05, 4.69) is 25.0 Å². The summed E-state index contributed by atoms with van der Waals surface area (Å²) < 4.78 is 11.4. The van der Waals surface area contributed by atoms with Crippen LogP contribution >= 0.6 is 0 Å². The van der Waals surface area contributed by atoms with Gasteiger partial charge in [0.25, 0.3) is 0 Å². The summed E-state index contributed by atoms with van der Waals surface area (Å²) in [6.45, 7) is 3.22. The Balaban J connectivity index is 1.25. The molecule has 7 heteroatoms. The average molecular weight is 351 g/mol. The van der Waals surface area contributed by atoms with Crippen LogP contribution in [0.5, 0.6) is 0 Å². The average Bonchev–Trinajstić information content (AvgIpc) is 3.17. The molecule has 134 valence electrons. The number of nitrogens with zero attached hydrogens (tertiary/aromatic N) is 5. The standard InChI is InChI=1S/C19H21N5O2/c1-2-15(12-21-7-1)14-25-17-5-10-24(11-6-17)13-18-22-19(23-26-18)16-3-8-20-9-4-16/h1-4,7-9,12,17H,5-6,10-11,13-14H2. The third kappa shape index (κ3) is 4.30. The van der Waals surface area contributed by atoms with Crippen molar-refractivity contribution in [3.63, 3.8) is 0 Å². The quantitative estimate of drug-likeness (QED) is 0.676. The van der Waals surface area contributed by atoms with Crippen molar-refractivity contribution in [3.8, 4) is 11.4 Å². The van der Waals surface area contributed by atoms with E-state index in [1.165, 1.54) is 0 Å². The summed E-state index contributed by atoms with van der Waals surface area (Å²) in [5, 5.41) is 4.06. The van der Waals surface area contributed by atoms with Gasteiger partial charge in [-0.25, -0.2) is 0 Å². The smallest absolute Gasteiger partial charge is 0.241 e. The Morgan fingerprint density at radius 1 is 1.08 bits per heavy atom. The monoisotopic (exact) mass is 351 g/mol. The molecule has 3 aromatic heterocycles. The molecule has 0 aromatic carbocycles. The fourth-order valence-electron chi connectivity index (χ4n) is 3.06. The Labute approximate surface area is 152 Å². The highest BCUT2D eigenvalue weighted by Crippen LogP contribution is 2.19. The Hall–Kier alpha value is -2.64. The number of aromatic nitrogens is 4. The second kappa shape index (κ2) is 8.16. The highest BCUT2D eigenvalue weighted by Gasteiger charge is 2.21. The molecule has 0 bridgehead atoms. The van der Waals surface area contributed by atoms with E-state index in [9.17, 15) is 0 Å². The highest BCUT2D eigenvalue weighted by molar-refractivity contribution is 5.52. The van der Waals surface area contributed by atoms with Gasteiger partial charge in [-0.3, -0.25) is 14.9 Å².